The predicted molar refractivity (Wildman–Crippen MR) is 36.1 cm³/mol. The molecule has 9 heavy (non-hydrogen) atoms. The zero-order valence-corrected chi connectivity index (χ0v) is 5.75. The van der Waals surface area contributed by atoms with Crippen molar-refractivity contribution in [2.75, 3.05) is 19.6 Å². The van der Waals surface area contributed by atoms with Crippen LogP contribution in [0, 0.1) is 0 Å². The molecule has 0 aromatic heterocycles. The Morgan fingerprint density at radius 1 is 1.78 bits per heavy atom. The van der Waals surface area contributed by atoms with E-state index in [0.29, 0.717) is 6.04 Å². The third-order valence-electron chi connectivity index (χ3n) is 1.51. The first-order chi connectivity index (χ1) is 4.18. The van der Waals surface area contributed by atoms with Crippen molar-refractivity contribution >= 4 is 0 Å². The van der Waals surface area contributed by atoms with Crippen molar-refractivity contribution in [1.82, 2.24) is 4.90 Å². The SMILES string of the molecule is C[C@@H](O)CN1CC(N)C1. The molecule has 0 unspecified atom stereocenters. The van der Waals surface area contributed by atoms with E-state index < -0.39 is 0 Å². The molecule has 0 saturated carbocycles. The summed E-state index contributed by atoms with van der Waals surface area (Å²) in [5.74, 6) is 0. The summed E-state index contributed by atoms with van der Waals surface area (Å²) in [5, 5.41) is 8.89. The Morgan fingerprint density at radius 3 is 2.67 bits per heavy atom. The fourth-order valence-electron chi connectivity index (χ4n) is 1.13. The van der Waals surface area contributed by atoms with Crippen LogP contribution < -0.4 is 5.73 Å². The average Bonchev–Trinajstić information content (AvgIpc) is 1.60. The number of hydrogen-bond donors (Lipinski definition) is 2. The van der Waals surface area contributed by atoms with Crippen LogP contribution in [0.4, 0.5) is 0 Å². The van der Waals surface area contributed by atoms with Crippen LogP contribution in [-0.2, 0) is 0 Å². The summed E-state index contributed by atoms with van der Waals surface area (Å²) in [5.41, 5.74) is 5.52. The van der Waals surface area contributed by atoms with E-state index in [4.69, 9.17) is 10.8 Å². The summed E-state index contributed by atoms with van der Waals surface area (Å²) in [6.45, 7) is 4.47. The molecule has 1 fully saturated rings. The van der Waals surface area contributed by atoms with Crippen molar-refractivity contribution in [1.29, 1.82) is 0 Å². The van der Waals surface area contributed by atoms with Gasteiger partial charge in [0.2, 0.25) is 0 Å². The van der Waals surface area contributed by atoms with Gasteiger partial charge in [0.15, 0.2) is 0 Å². The van der Waals surface area contributed by atoms with Gasteiger partial charge >= 0.3 is 0 Å². The zero-order valence-electron chi connectivity index (χ0n) is 5.75. The molecule has 1 aliphatic rings. The van der Waals surface area contributed by atoms with Crippen molar-refractivity contribution in [3.05, 3.63) is 0 Å². The zero-order chi connectivity index (χ0) is 6.85. The lowest BCUT2D eigenvalue weighted by molar-refractivity contribution is 0.0760. The van der Waals surface area contributed by atoms with Gasteiger partial charge in [-0.2, -0.15) is 0 Å². The summed E-state index contributed by atoms with van der Waals surface area (Å²) in [6, 6.07) is 0.351. The summed E-state index contributed by atoms with van der Waals surface area (Å²) in [4.78, 5) is 2.15. The molecule has 1 heterocycles. The van der Waals surface area contributed by atoms with E-state index in [9.17, 15) is 0 Å². The molecule has 0 spiro atoms. The second-order valence-electron chi connectivity index (χ2n) is 2.83. The first-order valence-corrected chi connectivity index (χ1v) is 3.34. The highest BCUT2D eigenvalue weighted by Crippen LogP contribution is 2.04. The monoisotopic (exact) mass is 130 g/mol. The Balaban J connectivity index is 2.04. The van der Waals surface area contributed by atoms with E-state index in [1.807, 2.05) is 0 Å². The molecule has 1 rings (SSSR count). The van der Waals surface area contributed by atoms with Crippen LogP contribution in [0.3, 0.4) is 0 Å². The number of aliphatic hydroxyl groups is 1. The van der Waals surface area contributed by atoms with E-state index in [-0.39, 0.29) is 6.10 Å². The maximum Gasteiger partial charge on any atom is 0.0639 e. The van der Waals surface area contributed by atoms with Gasteiger partial charge in [-0.25, -0.2) is 0 Å². The highest BCUT2D eigenvalue weighted by Gasteiger charge is 2.23. The van der Waals surface area contributed by atoms with Crippen molar-refractivity contribution in [2.45, 2.75) is 19.1 Å². The van der Waals surface area contributed by atoms with Gasteiger partial charge in [0.1, 0.15) is 0 Å². The minimum atomic E-state index is -0.211. The predicted octanol–water partition coefficient (Wildman–Crippen LogP) is -0.990. The minimum absolute atomic E-state index is 0.211. The lowest BCUT2D eigenvalue weighted by Gasteiger charge is -2.37. The molecule has 3 N–H and O–H groups in total. The third kappa shape index (κ3) is 1.93. The fraction of sp³-hybridized carbons (Fsp3) is 1.00. The molecule has 0 aromatic rings. The molecule has 0 aliphatic carbocycles. The van der Waals surface area contributed by atoms with E-state index in [0.717, 1.165) is 19.6 Å². The maximum absolute atomic E-state index is 8.89. The largest absolute Gasteiger partial charge is 0.392 e. The van der Waals surface area contributed by atoms with Gasteiger partial charge in [-0.15, -0.1) is 0 Å². The molecule has 0 bridgehead atoms. The standard InChI is InChI=1S/C6H14N2O/c1-5(9)2-8-3-6(7)4-8/h5-6,9H,2-4,7H2,1H3/t5-/m1/s1. The molecule has 0 amide bonds. The second-order valence-corrected chi connectivity index (χ2v) is 2.83. The Labute approximate surface area is 55.5 Å². The molecule has 3 heteroatoms. The molecule has 1 atom stereocenters. The number of β-amino-alcohol motifs (C(OH)–C–C–N with tert-alkyl or cyclic N) is 1. The van der Waals surface area contributed by atoms with Crippen molar-refractivity contribution in [3.8, 4) is 0 Å². The van der Waals surface area contributed by atoms with Gasteiger partial charge in [-0.3, -0.25) is 4.90 Å². The fourth-order valence-corrected chi connectivity index (χ4v) is 1.13. The minimum Gasteiger partial charge on any atom is -0.392 e. The second kappa shape index (κ2) is 2.64. The van der Waals surface area contributed by atoms with E-state index >= 15 is 0 Å². The van der Waals surface area contributed by atoms with Gasteiger partial charge in [-0.1, -0.05) is 0 Å². The van der Waals surface area contributed by atoms with Gasteiger partial charge < -0.3 is 10.8 Å². The van der Waals surface area contributed by atoms with E-state index in [1.165, 1.54) is 0 Å². The topological polar surface area (TPSA) is 49.5 Å². The molecule has 1 saturated heterocycles. The summed E-state index contributed by atoms with van der Waals surface area (Å²) >= 11 is 0. The lowest BCUT2D eigenvalue weighted by atomic mass is 10.1. The molecule has 0 aromatic carbocycles. The van der Waals surface area contributed by atoms with Gasteiger partial charge in [0.05, 0.1) is 6.10 Å². The smallest absolute Gasteiger partial charge is 0.0639 e. The molecular weight excluding hydrogens is 116 g/mol. The van der Waals surface area contributed by atoms with Crippen molar-refractivity contribution < 1.29 is 5.11 Å². The van der Waals surface area contributed by atoms with Crippen molar-refractivity contribution in [3.63, 3.8) is 0 Å². The Morgan fingerprint density at radius 2 is 2.33 bits per heavy atom. The number of hydrogen-bond acceptors (Lipinski definition) is 3. The molecule has 0 radical (unpaired) electrons. The van der Waals surface area contributed by atoms with Crippen LogP contribution >= 0.6 is 0 Å². The van der Waals surface area contributed by atoms with Crippen LogP contribution in [0.1, 0.15) is 6.92 Å². The number of aliphatic hydroxyl groups excluding tert-OH is 1. The van der Waals surface area contributed by atoms with Gasteiger partial charge in [0.25, 0.3) is 0 Å². The molecule has 54 valence electrons. The molecular formula is C6H14N2O. The van der Waals surface area contributed by atoms with Crippen LogP contribution in [-0.4, -0.2) is 41.8 Å². The highest BCUT2D eigenvalue weighted by atomic mass is 16.3. The first kappa shape index (κ1) is 6.99. The Bertz CT molecular complexity index is 89.1. The quantitative estimate of drug-likeness (QED) is 0.504. The van der Waals surface area contributed by atoms with Crippen LogP contribution in [0.2, 0.25) is 0 Å². The summed E-state index contributed by atoms with van der Waals surface area (Å²) in [7, 11) is 0. The number of nitrogens with two attached hydrogens (primary N) is 1. The summed E-state index contributed by atoms with van der Waals surface area (Å²) < 4.78 is 0. The highest BCUT2D eigenvalue weighted by molar-refractivity contribution is 4.82. The summed E-state index contributed by atoms with van der Waals surface area (Å²) in [6.07, 6.45) is -0.211. The van der Waals surface area contributed by atoms with Crippen molar-refractivity contribution in [2.24, 2.45) is 5.73 Å². The van der Waals surface area contributed by atoms with E-state index in [2.05, 4.69) is 4.90 Å². The maximum atomic E-state index is 8.89. The molecule has 1 aliphatic heterocycles. The number of likely N-dealkylation sites (tertiary alicyclic amines) is 1. The van der Waals surface area contributed by atoms with Gasteiger partial charge in [-0.05, 0) is 6.92 Å². The van der Waals surface area contributed by atoms with Crippen LogP contribution in [0.15, 0.2) is 0 Å². The van der Waals surface area contributed by atoms with E-state index in [1.54, 1.807) is 6.92 Å². The first-order valence-electron chi connectivity index (χ1n) is 3.34. The Kier molecular flexibility index (Phi) is 2.05. The van der Waals surface area contributed by atoms with Gasteiger partial charge in [0, 0.05) is 25.7 Å². The third-order valence-corrected chi connectivity index (χ3v) is 1.51. The normalized spacial score (nSPS) is 25.7. The Hall–Kier alpha value is -0.120. The van der Waals surface area contributed by atoms with Crippen LogP contribution in [0.25, 0.3) is 0 Å². The van der Waals surface area contributed by atoms with Crippen LogP contribution in [0.5, 0.6) is 0 Å². The average molecular weight is 130 g/mol. The number of nitrogens with zero attached hydrogens (tertiary/aromatic N) is 1. The molecule has 3 nitrogen and oxygen atoms in total. The number of rotatable bonds is 2. The lowest BCUT2D eigenvalue weighted by Crippen LogP contribution is -2.57.